The lowest BCUT2D eigenvalue weighted by Crippen LogP contribution is -2.09. The van der Waals surface area contributed by atoms with E-state index in [4.69, 9.17) is 21.1 Å². The number of rotatable bonds is 8. The van der Waals surface area contributed by atoms with E-state index in [1.54, 1.807) is 12.2 Å². The summed E-state index contributed by atoms with van der Waals surface area (Å²) in [4.78, 5) is 11.9. The minimum atomic E-state index is -0.368. The molecule has 0 fully saturated rings. The third-order valence-corrected chi connectivity index (χ3v) is 4.41. The second kappa shape index (κ2) is 10.1. The van der Waals surface area contributed by atoms with Crippen molar-refractivity contribution in [1.29, 1.82) is 0 Å². The number of ether oxygens (including phenoxy) is 2. The zero-order chi connectivity index (χ0) is 20.7. The molecule has 1 aliphatic carbocycles. The normalized spacial score (nSPS) is 14.4. The van der Waals surface area contributed by atoms with Gasteiger partial charge >= 0.3 is 5.97 Å². The first-order chi connectivity index (χ1) is 13.3. The van der Waals surface area contributed by atoms with Gasteiger partial charge in [0.25, 0.3) is 0 Å². The minimum Gasteiger partial charge on any atom is -0.494 e. The third kappa shape index (κ3) is 5.99. The number of aromatic nitrogens is 2. The van der Waals surface area contributed by atoms with Gasteiger partial charge in [-0.15, -0.1) is 0 Å². The molecule has 0 atom stereocenters. The molecular weight excluding hydrogens is 376 g/mol. The van der Waals surface area contributed by atoms with Crippen LogP contribution < -0.4 is 0 Å². The Morgan fingerprint density at radius 2 is 2.21 bits per heavy atom. The Hall–Kier alpha value is -2.53. The highest BCUT2D eigenvalue weighted by Crippen LogP contribution is 2.22. The van der Waals surface area contributed by atoms with E-state index >= 15 is 0 Å². The molecule has 0 N–H and O–H groups in total. The van der Waals surface area contributed by atoms with Crippen molar-refractivity contribution in [3.8, 4) is 0 Å². The Kier molecular flexibility index (Phi) is 7.88. The molecule has 5 nitrogen and oxygen atoms in total. The number of methoxy groups -OCH3 is 1. The molecule has 2 rings (SSSR count). The standard InChI is InChI=1S/C22H27ClN2O3/c1-6-20(23)11-18(16(4)28-14-15(2)3)12-25-13-19-10-17(22(26)27-5)8-7-9-21(19)24-25/h6-8,10-11,13,15H,4,9,12,14H2,1-3,5H3/b18-11-,20-6+. The minimum absolute atomic E-state index is 0.368. The van der Waals surface area contributed by atoms with Gasteiger partial charge in [-0.25, -0.2) is 4.79 Å². The summed E-state index contributed by atoms with van der Waals surface area (Å²) in [6.07, 6.45) is 11.6. The van der Waals surface area contributed by atoms with Crippen molar-refractivity contribution in [2.75, 3.05) is 13.7 Å². The molecule has 28 heavy (non-hydrogen) atoms. The van der Waals surface area contributed by atoms with Gasteiger partial charge in [-0.3, -0.25) is 4.68 Å². The molecule has 0 amide bonds. The van der Waals surface area contributed by atoms with Gasteiger partial charge in [0.15, 0.2) is 0 Å². The largest absolute Gasteiger partial charge is 0.494 e. The van der Waals surface area contributed by atoms with E-state index in [0.29, 0.717) is 41.9 Å². The van der Waals surface area contributed by atoms with Crippen LogP contribution in [0.25, 0.3) is 6.08 Å². The van der Waals surface area contributed by atoms with Gasteiger partial charge in [0.05, 0.1) is 31.5 Å². The molecule has 0 aliphatic heterocycles. The van der Waals surface area contributed by atoms with Crippen LogP contribution in [0.1, 0.15) is 32.0 Å². The van der Waals surface area contributed by atoms with E-state index in [2.05, 4.69) is 25.5 Å². The van der Waals surface area contributed by atoms with Crippen LogP contribution in [-0.2, 0) is 27.2 Å². The van der Waals surface area contributed by atoms with Gasteiger partial charge in [0.2, 0.25) is 0 Å². The Morgan fingerprint density at radius 3 is 2.86 bits per heavy atom. The van der Waals surface area contributed by atoms with Crippen LogP contribution in [0.4, 0.5) is 0 Å². The molecule has 0 unspecified atom stereocenters. The monoisotopic (exact) mass is 402 g/mol. The van der Waals surface area contributed by atoms with Crippen molar-refractivity contribution in [1.82, 2.24) is 9.78 Å². The first-order valence-electron chi connectivity index (χ1n) is 9.21. The lowest BCUT2D eigenvalue weighted by molar-refractivity contribution is -0.135. The smallest absolute Gasteiger partial charge is 0.337 e. The lowest BCUT2D eigenvalue weighted by Gasteiger charge is -2.15. The van der Waals surface area contributed by atoms with Crippen molar-refractivity contribution >= 4 is 23.6 Å². The van der Waals surface area contributed by atoms with E-state index in [1.165, 1.54) is 7.11 Å². The highest BCUT2D eigenvalue weighted by atomic mass is 35.5. The van der Waals surface area contributed by atoms with Crippen molar-refractivity contribution < 1.29 is 14.3 Å². The van der Waals surface area contributed by atoms with Gasteiger partial charge in [-0.05, 0) is 25.0 Å². The number of halogens is 1. The molecule has 1 aromatic heterocycles. The van der Waals surface area contributed by atoms with Crippen LogP contribution in [0.5, 0.6) is 0 Å². The molecule has 0 saturated heterocycles. The van der Waals surface area contributed by atoms with Crippen LogP contribution in [0.15, 0.2) is 59.0 Å². The number of hydrogen-bond donors (Lipinski definition) is 0. The van der Waals surface area contributed by atoms with Gasteiger partial charge in [0.1, 0.15) is 5.76 Å². The molecule has 0 spiro atoms. The number of carbonyl (C=O) groups is 1. The average Bonchev–Trinajstić information content (AvgIpc) is 2.93. The Balaban J connectivity index is 2.28. The molecule has 150 valence electrons. The van der Waals surface area contributed by atoms with Crippen LogP contribution in [0.3, 0.4) is 0 Å². The molecule has 1 aromatic rings. The fraction of sp³-hybridized carbons (Fsp3) is 0.364. The van der Waals surface area contributed by atoms with Crippen LogP contribution in [0.2, 0.25) is 0 Å². The highest BCUT2D eigenvalue weighted by Gasteiger charge is 2.15. The zero-order valence-electron chi connectivity index (χ0n) is 16.9. The number of esters is 1. The van der Waals surface area contributed by atoms with E-state index in [-0.39, 0.29) is 5.97 Å². The lowest BCUT2D eigenvalue weighted by atomic mass is 10.1. The summed E-state index contributed by atoms with van der Waals surface area (Å²) in [5, 5.41) is 5.25. The van der Waals surface area contributed by atoms with Gasteiger partial charge < -0.3 is 9.47 Å². The average molecular weight is 403 g/mol. The molecule has 0 saturated carbocycles. The maximum Gasteiger partial charge on any atom is 0.337 e. The van der Waals surface area contributed by atoms with Crippen molar-refractivity contribution in [2.24, 2.45) is 5.92 Å². The Labute approximate surface area is 171 Å². The van der Waals surface area contributed by atoms with Gasteiger partial charge in [-0.2, -0.15) is 5.10 Å². The van der Waals surface area contributed by atoms with Crippen LogP contribution in [0, 0.1) is 5.92 Å². The number of allylic oxidation sites excluding steroid dienone is 5. The van der Waals surface area contributed by atoms with E-state index in [9.17, 15) is 4.79 Å². The summed E-state index contributed by atoms with van der Waals surface area (Å²) in [5.41, 5.74) is 3.11. The maximum absolute atomic E-state index is 11.9. The van der Waals surface area contributed by atoms with E-state index in [1.807, 2.05) is 36.0 Å². The van der Waals surface area contributed by atoms with Gasteiger partial charge in [0, 0.05) is 28.8 Å². The molecule has 0 radical (unpaired) electrons. The maximum atomic E-state index is 11.9. The topological polar surface area (TPSA) is 53.4 Å². The molecule has 1 aliphatic rings. The van der Waals surface area contributed by atoms with Crippen LogP contribution >= 0.6 is 11.6 Å². The predicted molar refractivity (Wildman–Crippen MR) is 113 cm³/mol. The van der Waals surface area contributed by atoms with Crippen molar-refractivity contribution in [3.63, 3.8) is 0 Å². The second-order valence-electron chi connectivity index (χ2n) is 6.90. The Morgan fingerprint density at radius 1 is 1.46 bits per heavy atom. The predicted octanol–water partition coefficient (Wildman–Crippen LogP) is 4.81. The second-order valence-corrected chi connectivity index (χ2v) is 7.33. The van der Waals surface area contributed by atoms with Crippen LogP contribution in [-0.4, -0.2) is 29.5 Å². The Bertz CT molecular complexity index is 857. The van der Waals surface area contributed by atoms with Crippen molar-refractivity contribution in [3.05, 3.63) is 70.3 Å². The SMILES string of the molecule is C=C(OCC(C)C)/C(=C\C(Cl)=C/C)Cn1cc2c(n1)CC=CC(C(=O)OC)=C2. The number of hydrogen-bond acceptors (Lipinski definition) is 4. The fourth-order valence-electron chi connectivity index (χ4n) is 2.59. The summed E-state index contributed by atoms with van der Waals surface area (Å²) in [6.45, 7) is 11.1. The first-order valence-corrected chi connectivity index (χ1v) is 9.59. The van der Waals surface area contributed by atoms with E-state index in [0.717, 1.165) is 16.8 Å². The molecular formula is C22H27ClN2O3. The summed E-state index contributed by atoms with van der Waals surface area (Å²) in [5.74, 6) is 0.600. The fourth-order valence-corrected chi connectivity index (χ4v) is 2.73. The molecule has 1 heterocycles. The van der Waals surface area contributed by atoms with Crippen molar-refractivity contribution in [2.45, 2.75) is 33.7 Å². The summed E-state index contributed by atoms with van der Waals surface area (Å²) < 4.78 is 12.4. The summed E-state index contributed by atoms with van der Waals surface area (Å²) >= 11 is 6.21. The quantitative estimate of drug-likeness (QED) is 0.356. The summed E-state index contributed by atoms with van der Waals surface area (Å²) in [7, 11) is 1.37. The summed E-state index contributed by atoms with van der Waals surface area (Å²) in [6, 6.07) is 0. The third-order valence-electron chi connectivity index (χ3n) is 4.08. The van der Waals surface area contributed by atoms with E-state index < -0.39 is 0 Å². The van der Waals surface area contributed by atoms with Gasteiger partial charge in [-0.1, -0.05) is 50.3 Å². The number of nitrogens with zero attached hydrogens (tertiary/aromatic N) is 2. The molecule has 6 heteroatoms. The molecule has 0 aromatic carbocycles. The number of fused-ring (bicyclic) bond motifs is 1. The zero-order valence-corrected chi connectivity index (χ0v) is 17.6. The first kappa shape index (κ1) is 21.8. The highest BCUT2D eigenvalue weighted by molar-refractivity contribution is 6.31. The molecule has 0 bridgehead atoms. The number of carbonyl (C=O) groups excluding carboxylic acids is 1.